The number of amides is 2. The maximum Gasteiger partial charge on any atom is 0.317 e. The van der Waals surface area contributed by atoms with Crippen LogP contribution in [-0.4, -0.2) is 37.2 Å². The quantitative estimate of drug-likeness (QED) is 0.865. The number of hydrogen-bond acceptors (Lipinski definition) is 2. The Morgan fingerprint density at radius 1 is 1.22 bits per heavy atom. The molecule has 1 heterocycles. The van der Waals surface area contributed by atoms with Crippen molar-refractivity contribution in [2.75, 3.05) is 26.2 Å². The fraction of sp³-hybridized carbons (Fsp3) is 0.632. The van der Waals surface area contributed by atoms with Crippen molar-refractivity contribution in [1.29, 1.82) is 0 Å². The van der Waals surface area contributed by atoms with E-state index in [2.05, 4.69) is 30.4 Å². The molecule has 126 valence electrons. The van der Waals surface area contributed by atoms with Gasteiger partial charge in [0.05, 0.1) is 6.54 Å². The van der Waals surface area contributed by atoms with E-state index in [0.717, 1.165) is 44.0 Å². The fourth-order valence-corrected chi connectivity index (χ4v) is 3.45. The van der Waals surface area contributed by atoms with E-state index in [4.69, 9.17) is 4.74 Å². The first-order valence-electron chi connectivity index (χ1n) is 9.00. The van der Waals surface area contributed by atoms with Gasteiger partial charge in [0.2, 0.25) is 0 Å². The molecule has 0 saturated carbocycles. The minimum absolute atomic E-state index is 0.0472. The maximum atomic E-state index is 12.1. The number of piperidine rings is 1. The average molecular weight is 316 g/mol. The molecule has 2 aliphatic rings. The highest BCUT2D eigenvalue weighted by Crippen LogP contribution is 2.25. The summed E-state index contributed by atoms with van der Waals surface area (Å²) in [4.78, 5) is 14.0. The number of hydrogen-bond donors (Lipinski definition) is 1. The first kappa shape index (κ1) is 16.2. The van der Waals surface area contributed by atoms with Crippen LogP contribution >= 0.6 is 0 Å². The van der Waals surface area contributed by atoms with Crippen LogP contribution in [0.4, 0.5) is 4.79 Å². The molecular weight excluding hydrogens is 288 g/mol. The maximum absolute atomic E-state index is 12.1. The molecule has 4 nitrogen and oxygen atoms in total. The summed E-state index contributed by atoms with van der Waals surface area (Å²) in [6.07, 6.45) is 7.16. The van der Waals surface area contributed by atoms with E-state index >= 15 is 0 Å². The Labute approximate surface area is 139 Å². The first-order chi connectivity index (χ1) is 11.2. The van der Waals surface area contributed by atoms with Gasteiger partial charge in [0.1, 0.15) is 12.4 Å². The molecule has 0 bridgehead atoms. The number of benzene rings is 1. The van der Waals surface area contributed by atoms with E-state index in [1.807, 2.05) is 4.90 Å². The number of nitrogens with one attached hydrogen (secondary N) is 1. The lowest BCUT2D eigenvalue weighted by molar-refractivity contribution is 0.172. The van der Waals surface area contributed by atoms with Gasteiger partial charge in [-0.05, 0) is 67.7 Å². The van der Waals surface area contributed by atoms with Crippen molar-refractivity contribution in [2.45, 2.75) is 45.4 Å². The number of fused-ring (bicyclic) bond motifs is 1. The van der Waals surface area contributed by atoms with Gasteiger partial charge in [-0.1, -0.05) is 13.0 Å². The number of aryl methyl sites for hydroxylation is 2. The van der Waals surface area contributed by atoms with Gasteiger partial charge in [0.15, 0.2) is 0 Å². The molecule has 1 N–H and O–H groups in total. The summed E-state index contributed by atoms with van der Waals surface area (Å²) in [6, 6.07) is 6.46. The van der Waals surface area contributed by atoms with E-state index in [1.165, 1.54) is 30.4 Å². The molecule has 23 heavy (non-hydrogen) atoms. The van der Waals surface area contributed by atoms with Gasteiger partial charge in [-0.25, -0.2) is 4.79 Å². The Hall–Kier alpha value is -1.71. The van der Waals surface area contributed by atoms with Crippen molar-refractivity contribution in [3.8, 4) is 5.75 Å². The predicted octanol–water partition coefficient (Wildman–Crippen LogP) is 3.39. The number of urea groups is 1. The highest BCUT2D eigenvalue weighted by molar-refractivity contribution is 5.74. The van der Waals surface area contributed by atoms with Crippen LogP contribution in [0.1, 0.15) is 43.7 Å². The van der Waals surface area contributed by atoms with Crippen LogP contribution < -0.4 is 10.1 Å². The standard InChI is InChI=1S/C19H28N2O2/c1-15-8-11-21(12-9-15)19(22)20-10-13-23-18-7-6-16-4-2-3-5-17(16)14-18/h6-7,14-15H,2-5,8-13H2,1H3,(H,20,22). The molecule has 1 saturated heterocycles. The second-order valence-corrected chi connectivity index (χ2v) is 6.89. The molecule has 0 radical (unpaired) electrons. The largest absolute Gasteiger partial charge is 0.492 e. The molecule has 1 aromatic rings. The second-order valence-electron chi connectivity index (χ2n) is 6.89. The number of likely N-dealkylation sites (tertiary alicyclic amines) is 1. The molecule has 1 aromatic carbocycles. The topological polar surface area (TPSA) is 41.6 Å². The summed E-state index contributed by atoms with van der Waals surface area (Å²) < 4.78 is 5.79. The number of carbonyl (C=O) groups is 1. The van der Waals surface area contributed by atoms with Crippen molar-refractivity contribution in [2.24, 2.45) is 5.92 Å². The van der Waals surface area contributed by atoms with Crippen LogP contribution in [0.3, 0.4) is 0 Å². The average Bonchev–Trinajstić information content (AvgIpc) is 2.59. The number of rotatable bonds is 4. The Morgan fingerprint density at radius 3 is 2.74 bits per heavy atom. The van der Waals surface area contributed by atoms with Gasteiger partial charge in [0, 0.05) is 13.1 Å². The van der Waals surface area contributed by atoms with Crippen LogP contribution in [0.5, 0.6) is 5.75 Å². The van der Waals surface area contributed by atoms with Crippen LogP contribution in [-0.2, 0) is 12.8 Å². The van der Waals surface area contributed by atoms with Gasteiger partial charge in [-0.15, -0.1) is 0 Å². The van der Waals surface area contributed by atoms with Gasteiger partial charge >= 0.3 is 6.03 Å². The van der Waals surface area contributed by atoms with E-state index in [-0.39, 0.29) is 6.03 Å². The molecule has 2 amide bonds. The highest BCUT2D eigenvalue weighted by Gasteiger charge is 2.19. The lowest BCUT2D eigenvalue weighted by Gasteiger charge is -2.30. The fourth-order valence-electron chi connectivity index (χ4n) is 3.45. The molecular formula is C19H28N2O2. The summed E-state index contributed by atoms with van der Waals surface area (Å²) in [5.74, 6) is 1.66. The van der Waals surface area contributed by atoms with Crippen molar-refractivity contribution < 1.29 is 9.53 Å². The number of carbonyl (C=O) groups excluding carboxylic acids is 1. The molecule has 0 unspecified atom stereocenters. The third-order valence-electron chi connectivity index (χ3n) is 5.04. The molecule has 0 aromatic heterocycles. The molecule has 1 aliphatic heterocycles. The van der Waals surface area contributed by atoms with E-state index in [0.29, 0.717) is 13.2 Å². The zero-order valence-electron chi connectivity index (χ0n) is 14.1. The zero-order valence-corrected chi connectivity index (χ0v) is 14.1. The smallest absolute Gasteiger partial charge is 0.317 e. The van der Waals surface area contributed by atoms with Crippen molar-refractivity contribution in [3.05, 3.63) is 29.3 Å². The molecule has 0 spiro atoms. The summed E-state index contributed by atoms with van der Waals surface area (Å²) in [7, 11) is 0. The minimum atomic E-state index is 0.0472. The predicted molar refractivity (Wildman–Crippen MR) is 91.9 cm³/mol. The van der Waals surface area contributed by atoms with Gasteiger partial charge in [0.25, 0.3) is 0 Å². The van der Waals surface area contributed by atoms with Gasteiger partial charge < -0.3 is 15.0 Å². The van der Waals surface area contributed by atoms with Crippen molar-refractivity contribution >= 4 is 6.03 Å². The zero-order chi connectivity index (χ0) is 16.1. The van der Waals surface area contributed by atoms with E-state index < -0.39 is 0 Å². The Bertz CT molecular complexity index is 536. The van der Waals surface area contributed by atoms with Crippen LogP contribution in [0.2, 0.25) is 0 Å². The number of ether oxygens (including phenoxy) is 1. The minimum Gasteiger partial charge on any atom is -0.492 e. The third kappa shape index (κ3) is 4.40. The van der Waals surface area contributed by atoms with Crippen LogP contribution in [0.25, 0.3) is 0 Å². The van der Waals surface area contributed by atoms with Crippen LogP contribution in [0.15, 0.2) is 18.2 Å². The van der Waals surface area contributed by atoms with Gasteiger partial charge in [-0.2, -0.15) is 0 Å². The molecule has 1 fully saturated rings. The van der Waals surface area contributed by atoms with E-state index in [9.17, 15) is 4.79 Å². The third-order valence-corrected chi connectivity index (χ3v) is 5.04. The van der Waals surface area contributed by atoms with Crippen LogP contribution in [0, 0.1) is 5.92 Å². The first-order valence-corrected chi connectivity index (χ1v) is 9.00. The second kappa shape index (κ2) is 7.71. The number of nitrogens with zero attached hydrogens (tertiary/aromatic N) is 1. The summed E-state index contributed by atoms with van der Waals surface area (Å²) >= 11 is 0. The molecule has 3 rings (SSSR count). The molecule has 4 heteroatoms. The SMILES string of the molecule is CC1CCN(C(=O)NCCOc2ccc3c(c2)CCCC3)CC1. The highest BCUT2D eigenvalue weighted by atomic mass is 16.5. The van der Waals surface area contributed by atoms with Gasteiger partial charge in [-0.3, -0.25) is 0 Å². The normalized spacial score (nSPS) is 18.4. The van der Waals surface area contributed by atoms with Crippen molar-refractivity contribution in [3.63, 3.8) is 0 Å². The Balaban J connectivity index is 1.39. The van der Waals surface area contributed by atoms with Crippen molar-refractivity contribution in [1.82, 2.24) is 10.2 Å². The summed E-state index contributed by atoms with van der Waals surface area (Å²) in [5.41, 5.74) is 2.90. The lowest BCUT2D eigenvalue weighted by atomic mass is 9.92. The summed E-state index contributed by atoms with van der Waals surface area (Å²) in [6.45, 7) is 5.08. The summed E-state index contributed by atoms with van der Waals surface area (Å²) in [5, 5.41) is 2.96. The monoisotopic (exact) mass is 316 g/mol. The lowest BCUT2D eigenvalue weighted by Crippen LogP contribution is -2.45. The van der Waals surface area contributed by atoms with E-state index in [1.54, 1.807) is 0 Å². The molecule has 1 aliphatic carbocycles. The Morgan fingerprint density at radius 2 is 1.96 bits per heavy atom. The Kier molecular flexibility index (Phi) is 5.42. The molecule has 0 atom stereocenters.